The quantitative estimate of drug-likeness (QED) is 0.244. The van der Waals surface area contributed by atoms with E-state index in [1.165, 1.54) is 22.9 Å². The summed E-state index contributed by atoms with van der Waals surface area (Å²) in [5.41, 5.74) is 6.90. The molecule has 0 aliphatic carbocycles. The van der Waals surface area contributed by atoms with Crippen LogP contribution in [0, 0.1) is 13.8 Å². The summed E-state index contributed by atoms with van der Waals surface area (Å²) in [7, 11) is 3.17. The fraction of sp³-hybridized carbons (Fsp3) is 0.241. The van der Waals surface area contributed by atoms with E-state index in [9.17, 15) is 4.79 Å². The molecule has 0 saturated heterocycles. The summed E-state index contributed by atoms with van der Waals surface area (Å²) in [6.07, 6.45) is 0.637. The first kappa shape index (κ1) is 25.4. The van der Waals surface area contributed by atoms with Crippen LogP contribution in [0.25, 0.3) is 22.5 Å². The zero-order valence-corrected chi connectivity index (χ0v) is 22.0. The van der Waals surface area contributed by atoms with E-state index in [1.807, 2.05) is 6.92 Å². The highest BCUT2D eigenvalue weighted by atomic mass is 32.2. The molecule has 0 bridgehead atoms. The maximum atomic E-state index is 13.2. The highest BCUT2D eigenvalue weighted by Crippen LogP contribution is 2.35. The Labute approximate surface area is 216 Å². The monoisotopic (exact) mass is 501 g/mol. The SMILES string of the molecule is CCC(Sc1nc(-c2ccc(C)cc2)c(-c2ccc(C)cc2)[nH]1)C(=O)Nc1cc(OC)cc(OC)c1. The molecule has 0 fully saturated rings. The average Bonchev–Trinajstić information content (AvgIpc) is 3.31. The van der Waals surface area contributed by atoms with Gasteiger partial charge >= 0.3 is 0 Å². The molecule has 3 aromatic carbocycles. The Hall–Kier alpha value is -3.71. The molecule has 4 rings (SSSR count). The molecule has 6 nitrogen and oxygen atoms in total. The molecule has 1 heterocycles. The van der Waals surface area contributed by atoms with Crippen LogP contribution in [-0.2, 0) is 4.79 Å². The highest BCUT2D eigenvalue weighted by Gasteiger charge is 2.22. The van der Waals surface area contributed by atoms with Crippen LogP contribution in [-0.4, -0.2) is 35.3 Å². The van der Waals surface area contributed by atoms with Gasteiger partial charge in [0.1, 0.15) is 11.5 Å². The number of amides is 1. The van der Waals surface area contributed by atoms with Gasteiger partial charge in [0, 0.05) is 35.0 Å². The van der Waals surface area contributed by atoms with Crippen molar-refractivity contribution in [2.24, 2.45) is 0 Å². The molecule has 1 unspecified atom stereocenters. The number of aromatic amines is 1. The number of aryl methyl sites for hydroxylation is 2. The zero-order valence-electron chi connectivity index (χ0n) is 21.2. The number of hydrogen-bond acceptors (Lipinski definition) is 5. The molecule has 0 aliphatic heterocycles. The van der Waals surface area contributed by atoms with Crippen molar-refractivity contribution < 1.29 is 14.3 Å². The molecule has 1 atom stereocenters. The fourth-order valence-electron chi connectivity index (χ4n) is 3.82. The number of nitrogens with zero attached hydrogens (tertiary/aromatic N) is 1. The molecule has 4 aromatic rings. The second kappa shape index (κ2) is 11.4. The lowest BCUT2D eigenvalue weighted by Crippen LogP contribution is -2.24. The van der Waals surface area contributed by atoms with Crippen molar-refractivity contribution in [3.63, 3.8) is 0 Å². The molecule has 7 heteroatoms. The van der Waals surface area contributed by atoms with Crippen LogP contribution in [0.1, 0.15) is 24.5 Å². The van der Waals surface area contributed by atoms with Crippen LogP contribution in [0.4, 0.5) is 5.69 Å². The number of nitrogens with one attached hydrogen (secondary N) is 2. The van der Waals surface area contributed by atoms with Gasteiger partial charge in [-0.3, -0.25) is 4.79 Å². The first-order valence-electron chi connectivity index (χ1n) is 11.8. The van der Waals surface area contributed by atoms with Gasteiger partial charge in [-0.05, 0) is 20.3 Å². The number of carbonyl (C=O) groups excluding carboxylic acids is 1. The summed E-state index contributed by atoms with van der Waals surface area (Å²) >= 11 is 1.43. The van der Waals surface area contributed by atoms with Gasteiger partial charge in [-0.15, -0.1) is 0 Å². The number of rotatable bonds is 9. The van der Waals surface area contributed by atoms with Crippen molar-refractivity contribution in [3.05, 3.63) is 77.9 Å². The van der Waals surface area contributed by atoms with Gasteiger partial charge in [-0.25, -0.2) is 4.98 Å². The Balaban J connectivity index is 1.62. The predicted octanol–water partition coefficient (Wildman–Crippen LogP) is 6.89. The average molecular weight is 502 g/mol. The third-order valence-corrected chi connectivity index (χ3v) is 7.13. The zero-order chi connectivity index (χ0) is 25.7. The number of anilines is 1. The first-order chi connectivity index (χ1) is 17.4. The van der Waals surface area contributed by atoms with Crippen LogP contribution in [0.2, 0.25) is 0 Å². The topological polar surface area (TPSA) is 76.2 Å². The number of ether oxygens (including phenoxy) is 2. The van der Waals surface area contributed by atoms with Crippen LogP contribution >= 0.6 is 11.8 Å². The lowest BCUT2D eigenvalue weighted by molar-refractivity contribution is -0.115. The first-order valence-corrected chi connectivity index (χ1v) is 12.7. The molecule has 0 radical (unpaired) electrons. The molecule has 2 N–H and O–H groups in total. The maximum Gasteiger partial charge on any atom is 0.237 e. The van der Waals surface area contributed by atoms with Crippen molar-refractivity contribution in [2.75, 3.05) is 19.5 Å². The lowest BCUT2D eigenvalue weighted by atomic mass is 10.0. The summed E-state index contributed by atoms with van der Waals surface area (Å²) in [5.74, 6) is 1.12. The van der Waals surface area contributed by atoms with Gasteiger partial charge in [0.15, 0.2) is 5.16 Å². The molecule has 36 heavy (non-hydrogen) atoms. The van der Waals surface area contributed by atoms with E-state index in [1.54, 1.807) is 32.4 Å². The van der Waals surface area contributed by atoms with Crippen LogP contribution in [0.5, 0.6) is 11.5 Å². The van der Waals surface area contributed by atoms with Gasteiger partial charge in [0.2, 0.25) is 5.91 Å². The number of imidazole rings is 1. The van der Waals surface area contributed by atoms with Gasteiger partial charge in [-0.1, -0.05) is 78.3 Å². The highest BCUT2D eigenvalue weighted by molar-refractivity contribution is 8.00. The van der Waals surface area contributed by atoms with E-state index in [4.69, 9.17) is 14.5 Å². The number of benzene rings is 3. The van der Waals surface area contributed by atoms with Crippen molar-refractivity contribution in [2.45, 2.75) is 37.6 Å². The summed E-state index contributed by atoms with van der Waals surface area (Å²) in [4.78, 5) is 21.6. The number of hydrogen-bond donors (Lipinski definition) is 2. The van der Waals surface area contributed by atoms with Crippen LogP contribution in [0.15, 0.2) is 71.9 Å². The maximum absolute atomic E-state index is 13.2. The molecule has 0 saturated carbocycles. The van der Waals surface area contributed by atoms with E-state index >= 15 is 0 Å². The molecule has 186 valence electrons. The molecule has 0 aliphatic rings. The molecule has 0 spiro atoms. The Morgan fingerprint density at radius 2 is 1.47 bits per heavy atom. The van der Waals surface area contributed by atoms with E-state index < -0.39 is 0 Å². The summed E-state index contributed by atoms with van der Waals surface area (Å²) in [6.45, 7) is 6.13. The number of methoxy groups -OCH3 is 2. The van der Waals surface area contributed by atoms with Gasteiger partial charge in [-0.2, -0.15) is 0 Å². The Morgan fingerprint density at radius 1 is 0.917 bits per heavy atom. The number of thioether (sulfide) groups is 1. The lowest BCUT2D eigenvalue weighted by Gasteiger charge is -2.15. The minimum absolute atomic E-state index is 0.108. The number of aromatic nitrogens is 2. The standard InChI is InChI=1S/C29H31N3O3S/c1-6-25(28(33)30-22-15-23(34-4)17-24(16-22)35-5)36-29-31-26(20-11-7-18(2)8-12-20)27(32-29)21-13-9-19(3)10-14-21/h7-17,25H,6H2,1-5H3,(H,30,33)(H,31,32). The Kier molecular flexibility index (Phi) is 8.00. The number of carbonyl (C=O) groups is 1. The predicted molar refractivity (Wildman–Crippen MR) is 147 cm³/mol. The van der Waals surface area contributed by atoms with Crippen molar-refractivity contribution >= 4 is 23.4 Å². The van der Waals surface area contributed by atoms with Gasteiger partial charge in [0.25, 0.3) is 0 Å². The molecular weight excluding hydrogens is 470 g/mol. The van der Waals surface area contributed by atoms with E-state index in [2.05, 4.69) is 72.7 Å². The van der Waals surface area contributed by atoms with E-state index in [0.29, 0.717) is 28.8 Å². The second-order valence-electron chi connectivity index (χ2n) is 8.60. The third-order valence-electron chi connectivity index (χ3n) is 5.88. The minimum atomic E-state index is -0.343. The van der Waals surface area contributed by atoms with Crippen LogP contribution < -0.4 is 14.8 Å². The van der Waals surface area contributed by atoms with Gasteiger partial charge < -0.3 is 19.8 Å². The second-order valence-corrected chi connectivity index (χ2v) is 9.79. The summed E-state index contributed by atoms with van der Waals surface area (Å²) in [6, 6.07) is 22.0. The van der Waals surface area contributed by atoms with E-state index in [0.717, 1.165) is 22.5 Å². The third kappa shape index (κ3) is 5.91. The normalized spacial score (nSPS) is 11.7. The van der Waals surface area contributed by atoms with Gasteiger partial charge in [0.05, 0.1) is 30.9 Å². The molecule has 1 amide bonds. The Bertz CT molecular complexity index is 1250. The largest absolute Gasteiger partial charge is 0.497 e. The summed E-state index contributed by atoms with van der Waals surface area (Å²) < 4.78 is 10.6. The minimum Gasteiger partial charge on any atom is -0.497 e. The molecule has 1 aromatic heterocycles. The van der Waals surface area contributed by atoms with Crippen molar-refractivity contribution in [1.29, 1.82) is 0 Å². The fourth-order valence-corrected chi connectivity index (χ4v) is 4.72. The van der Waals surface area contributed by atoms with Crippen molar-refractivity contribution in [3.8, 4) is 34.0 Å². The van der Waals surface area contributed by atoms with Crippen LogP contribution in [0.3, 0.4) is 0 Å². The summed E-state index contributed by atoms with van der Waals surface area (Å²) in [5, 5.41) is 3.36. The molecular formula is C29H31N3O3S. The smallest absolute Gasteiger partial charge is 0.237 e. The number of H-pyrrole nitrogens is 1. The van der Waals surface area contributed by atoms with Crippen molar-refractivity contribution in [1.82, 2.24) is 9.97 Å². The Morgan fingerprint density at radius 3 is 2.00 bits per heavy atom. The van der Waals surface area contributed by atoms with E-state index in [-0.39, 0.29) is 11.2 Å².